The number of fused-ring (bicyclic) bond motifs is 1. The third-order valence-electron chi connectivity index (χ3n) is 5.20. The SMILES string of the molecule is CCOC(=O)C=Cc1nc2ccccc2n1-c1cccc(N2CCN(C)CC2)c1. The summed E-state index contributed by atoms with van der Waals surface area (Å²) in [7, 11) is 2.16. The molecule has 0 aliphatic carbocycles. The third kappa shape index (κ3) is 4.17. The van der Waals surface area contributed by atoms with Gasteiger partial charge in [0, 0.05) is 43.6 Å². The Morgan fingerprint density at radius 2 is 1.83 bits per heavy atom. The lowest BCUT2D eigenvalue weighted by Gasteiger charge is -2.34. The molecule has 1 aliphatic rings. The lowest BCUT2D eigenvalue weighted by atomic mass is 10.2. The number of esters is 1. The van der Waals surface area contributed by atoms with Crippen LogP contribution >= 0.6 is 0 Å². The summed E-state index contributed by atoms with van der Waals surface area (Å²) >= 11 is 0. The van der Waals surface area contributed by atoms with Crippen LogP contribution in [0.1, 0.15) is 12.7 Å². The second kappa shape index (κ2) is 8.49. The normalized spacial score (nSPS) is 15.3. The van der Waals surface area contributed by atoms with E-state index >= 15 is 0 Å². The molecular weight excluding hydrogens is 364 g/mol. The van der Waals surface area contributed by atoms with Crippen molar-refractivity contribution >= 4 is 28.8 Å². The standard InChI is InChI=1S/C23H26N4O2/c1-3-29-23(28)12-11-22-24-20-9-4-5-10-21(20)27(22)19-8-6-7-18(17-19)26-15-13-25(2)14-16-26/h4-12,17H,3,13-16H2,1-2H3. The number of piperazine rings is 1. The molecule has 0 spiro atoms. The second-order valence-electron chi connectivity index (χ2n) is 7.19. The zero-order valence-corrected chi connectivity index (χ0v) is 16.9. The number of carbonyl (C=O) groups is 1. The summed E-state index contributed by atoms with van der Waals surface area (Å²) in [5.41, 5.74) is 4.12. The number of hydrogen-bond acceptors (Lipinski definition) is 5. The number of hydrogen-bond donors (Lipinski definition) is 0. The first kappa shape index (κ1) is 19.2. The summed E-state index contributed by atoms with van der Waals surface area (Å²) in [6.45, 7) is 6.30. The van der Waals surface area contributed by atoms with Crippen LogP contribution in [0, 0.1) is 0 Å². The molecular formula is C23H26N4O2. The molecule has 1 saturated heterocycles. The fraction of sp³-hybridized carbons (Fsp3) is 0.304. The number of imidazole rings is 1. The largest absolute Gasteiger partial charge is 0.463 e. The molecule has 0 bridgehead atoms. The van der Waals surface area contributed by atoms with Crippen molar-refractivity contribution < 1.29 is 9.53 Å². The molecule has 2 heterocycles. The van der Waals surface area contributed by atoms with E-state index in [1.54, 1.807) is 13.0 Å². The predicted molar refractivity (Wildman–Crippen MR) is 116 cm³/mol. The Hall–Kier alpha value is -3.12. The lowest BCUT2D eigenvalue weighted by molar-refractivity contribution is -0.137. The number of nitrogens with zero attached hydrogens (tertiary/aromatic N) is 4. The fourth-order valence-corrected chi connectivity index (χ4v) is 3.65. The van der Waals surface area contributed by atoms with Gasteiger partial charge in [0.15, 0.2) is 0 Å². The zero-order valence-electron chi connectivity index (χ0n) is 16.9. The van der Waals surface area contributed by atoms with Crippen molar-refractivity contribution in [2.45, 2.75) is 6.92 Å². The molecule has 2 aromatic carbocycles. The molecule has 6 nitrogen and oxygen atoms in total. The smallest absolute Gasteiger partial charge is 0.330 e. The molecule has 6 heteroatoms. The van der Waals surface area contributed by atoms with E-state index in [4.69, 9.17) is 9.72 Å². The van der Waals surface area contributed by atoms with Gasteiger partial charge in [0.2, 0.25) is 0 Å². The first-order valence-electron chi connectivity index (χ1n) is 10.0. The van der Waals surface area contributed by atoms with Gasteiger partial charge in [-0.2, -0.15) is 0 Å². The molecule has 29 heavy (non-hydrogen) atoms. The molecule has 4 rings (SSSR count). The Bertz CT molecular complexity index is 1030. The molecule has 3 aromatic rings. The highest BCUT2D eigenvalue weighted by Crippen LogP contribution is 2.26. The minimum atomic E-state index is -0.364. The summed E-state index contributed by atoms with van der Waals surface area (Å²) in [5, 5.41) is 0. The predicted octanol–water partition coefficient (Wildman–Crippen LogP) is 3.35. The molecule has 150 valence electrons. The topological polar surface area (TPSA) is 50.6 Å². The van der Waals surface area contributed by atoms with E-state index in [-0.39, 0.29) is 5.97 Å². The molecule has 1 aromatic heterocycles. The number of likely N-dealkylation sites (N-methyl/N-ethyl adjacent to an activating group) is 1. The number of carbonyl (C=O) groups excluding carboxylic acids is 1. The number of anilines is 1. The van der Waals surface area contributed by atoms with Gasteiger partial charge in [-0.15, -0.1) is 0 Å². The first-order chi connectivity index (χ1) is 14.2. The highest BCUT2D eigenvalue weighted by Gasteiger charge is 2.16. The van der Waals surface area contributed by atoms with E-state index in [9.17, 15) is 4.79 Å². The van der Waals surface area contributed by atoms with Crippen LogP contribution in [0.5, 0.6) is 0 Å². The van der Waals surface area contributed by atoms with Crippen molar-refractivity contribution in [3.63, 3.8) is 0 Å². The van der Waals surface area contributed by atoms with Gasteiger partial charge < -0.3 is 14.5 Å². The van der Waals surface area contributed by atoms with Crippen molar-refractivity contribution in [2.75, 3.05) is 44.7 Å². The second-order valence-corrected chi connectivity index (χ2v) is 7.19. The van der Waals surface area contributed by atoms with Crippen molar-refractivity contribution in [3.8, 4) is 5.69 Å². The number of rotatable bonds is 5. The van der Waals surface area contributed by atoms with Crippen LogP contribution < -0.4 is 4.90 Å². The molecule has 1 fully saturated rings. The van der Waals surface area contributed by atoms with Crippen LogP contribution in [0.3, 0.4) is 0 Å². The molecule has 0 N–H and O–H groups in total. The van der Waals surface area contributed by atoms with Gasteiger partial charge in [0.1, 0.15) is 5.82 Å². The minimum absolute atomic E-state index is 0.354. The Balaban J connectivity index is 1.74. The maximum atomic E-state index is 11.8. The monoisotopic (exact) mass is 390 g/mol. The summed E-state index contributed by atoms with van der Waals surface area (Å²) < 4.78 is 7.10. The molecule has 0 amide bonds. The van der Waals surface area contributed by atoms with E-state index in [2.05, 4.69) is 45.7 Å². The molecule has 0 saturated carbocycles. The van der Waals surface area contributed by atoms with Gasteiger partial charge in [-0.3, -0.25) is 4.57 Å². The van der Waals surface area contributed by atoms with Crippen LogP contribution in [0.2, 0.25) is 0 Å². The molecule has 0 unspecified atom stereocenters. The van der Waals surface area contributed by atoms with Gasteiger partial charge in [0.05, 0.1) is 17.6 Å². The first-order valence-corrected chi connectivity index (χ1v) is 10.0. The van der Waals surface area contributed by atoms with E-state index < -0.39 is 0 Å². The third-order valence-corrected chi connectivity index (χ3v) is 5.20. The van der Waals surface area contributed by atoms with E-state index in [1.807, 2.05) is 24.3 Å². The average molecular weight is 390 g/mol. The van der Waals surface area contributed by atoms with E-state index in [0.29, 0.717) is 12.4 Å². The van der Waals surface area contributed by atoms with Crippen LogP contribution in [0.15, 0.2) is 54.6 Å². The van der Waals surface area contributed by atoms with Crippen LogP contribution in [-0.4, -0.2) is 60.3 Å². The Kier molecular flexibility index (Phi) is 5.62. The van der Waals surface area contributed by atoms with Crippen molar-refractivity contribution in [3.05, 3.63) is 60.4 Å². The summed E-state index contributed by atoms with van der Waals surface area (Å²) in [6, 6.07) is 16.5. The summed E-state index contributed by atoms with van der Waals surface area (Å²) in [5.74, 6) is 0.340. The van der Waals surface area contributed by atoms with Crippen molar-refractivity contribution in [1.82, 2.24) is 14.5 Å². The van der Waals surface area contributed by atoms with Gasteiger partial charge in [-0.1, -0.05) is 18.2 Å². The van der Waals surface area contributed by atoms with Gasteiger partial charge in [0.25, 0.3) is 0 Å². The Labute approximate surface area is 171 Å². The summed E-state index contributed by atoms with van der Waals surface area (Å²) in [4.78, 5) is 21.3. The van der Waals surface area contributed by atoms with Crippen LogP contribution in [0.25, 0.3) is 22.8 Å². The highest BCUT2D eigenvalue weighted by molar-refractivity contribution is 5.88. The Morgan fingerprint density at radius 3 is 2.62 bits per heavy atom. The maximum Gasteiger partial charge on any atom is 0.330 e. The number of ether oxygens (including phenoxy) is 1. The number of aromatic nitrogens is 2. The van der Waals surface area contributed by atoms with Crippen LogP contribution in [0.4, 0.5) is 5.69 Å². The van der Waals surface area contributed by atoms with Crippen molar-refractivity contribution in [1.29, 1.82) is 0 Å². The zero-order chi connectivity index (χ0) is 20.2. The van der Waals surface area contributed by atoms with Crippen molar-refractivity contribution in [2.24, 2.45) is 0 Å². The quantitative estimate of drug-likeness (QED) is 0.494. The highest BCUT2D eigenvalue weighted by atomic mass is 16.5. The lowest BCUT2D eigenvalue weighted by Crippen LogP contribution is -2.44. The van der Waals surface area contributed by atoms with Gasteiger partial charge in [-0.25, -0.2) is 9.78 Å². The van der Waals surface area contributed by atoms with E-state index in [1.165, 1.54) is 11.8 Å². The molecule has 0 radical (unpaired) electrons. The minimum Gasteiger partial charge on any atom is -0.463 e. The number of benzene rings is 2. The summed E-state index contributed by atoms with van der Waals surface area (Å²) in [6.07, 6.45) is 3.16. The van der Waals surface area contributed by atoms with Gasteiger partial charge >= 0.3 is 5.97 Å². The average Bonchev–Trinajstić information content (AvgIpc) is 3.11. The fourth-order valence-electron chi connectivity index (χ4n) is 3.65. The number of para-hydroxylation sites is 2. The van der Waals surface area contributed by atoms with Gasteiger partial charge in [-0.05, 0) is 50.4 Å². The molecule has 0 atom stereocenters. The maximum absolute atomic E-state index is 11.8. The van der Waals surface area contributed by atoms with E-state index in [0.717, 1.165) is 42.9 Å². The Morgan fingerprint density at radius 1 is 1.07 bits per heavy atom. The molecule has 1 aliphatic heterocycles. The van der Waals surface area contributed by atoms with Crippen LogP contribution in [-0.2, 0) is 9.53 Å².